The second kappa shape index (κ2) is 6.92. The van der Waals surface area contributed by atoms with Crippen molar-refractivity contribution in [3.05, 3.63) is 29.8 Å². The van der Waals surface area contributed by atoms with E-state index in [1.807, 2.05) is 6.07 Å². The lowest BCUT2D eigenvalue weighted by Gasteiger charge is -2.36. The molecule has 0 radical (unpaired) electrons. The Morgan fingerprint density at radius 1 is 1.21 bits per heavy atom. The van der Waals surface area contributed by atoms with E-state index in [1.165, 1.54) is 5.56 Å². The minimum Gasteiger partial charge on any atom is -0.496 e. The second-order valence-corrected chi connectivity index (χ2v) is 5.54. The molecule has 0 bridgehead atoms. The number of morpholine rings is 1. The Kier molecular flexibility index (Phi) is 5.23. The first-order valence-electron chi connectivity index (χ1n) is 7.17. The zero-order valence-corrected chi connectivity index (χ0v) is 12.3. The van der Waals surface area contributed by atoms with Gasteiger partial charge in [0.2, 0.25) is 0 Å². The van der Waals surface area contributed by atoms with Gasteiger partial charge in [-0.05, 0) is 18.4 Å². The molecule has 0 amide bonds. The van der Waals surface area contributed by atoms with Crippen LogP contribution in [0.4, 0.5) is 0 Å². The fourth-order valence-electron chi connectivity index (χ4n) is 2.75. The van der Waals surface area contributed by atoms with Crippen molar-refractivity contribution in [3.8, 4) is 5.75 Å². The number of ether oxygens (including phenoxy) is 2. The lowest BCUT2D eigenvalue weighted by molar-refractivity contribution is 0.0111. The normalized spacial score (nSPS) is 18.5. The highest BCUT2D eigenvalue weighted by Gasteiger charge is 2.25. The largest absolute Gasteiger partial charge is 0.496 e. The van der Waals surface area contributed by atoms with Crippen LogP contribution in [0, 0.1) is 5.92 Å². The predicted octanol–water partition coefficient (Wildman–Crippen LogP) is 3.11. The van der Waals surface area contributed by atoms with Crippen molar-refractivity contribution in [2.75, 3.05) is 33.4 Å². The molecule has 1 aliphatic heterocycles. The van der Waals surface area contributed by atoms with E-state index in [0.29, 0.717) is 12.0 Å². The van der Waals surface area contributed by atoms with Gasteiger partial charge in [-0.2, -0.15) is 0 Å². The number of para-hydroxylation sites is 1. The lowest BCUT2D eigenvalue weighted by Crippen LogP contribution is -2.39. The number of hydrogen-bond acceptors (Lipinski definition) is 3. The van der Waals surface area contributed by atoms with Gasteiger partial charge in [0.1, 0.15) is 5.75 Å². The Balaban J connectivity index is 2.25. The average Bonchev–Trinajstić information content (AvgIpc) is 2.45. The van der Waals surface area contributed by atoms with Crippen molar-refractivity contribution in [1.29, 1.82) is 0 Å². The van der Waals surface area contributed by atoms with Gasteiger partial charge >= 0.3 is 0 Å². The first kappa shape index (κ1) is 14.4. The zero-order valence-electron chi connectivity index (χ0n) is 12.3. The van der Waals surface area contributed by atoms with Gasteiger partial charge < -0.3 is 9.47 Å². The molecular formula is C16H25NO2. The maximum absolute atomic E-state index is 5.54. The average molecular weight is 263 g/mol. The molecule has 0 aromatic heterocycles. The Labute approximate surface area is 116 Å². The number of hydrogen-bond donors (Lipinski definition) is 0. The van der Waals surface area contributed by atoms with Gasteiger partial charge in [-0.1, -0.05) is 32.0 Å². The third kappa shape index (κ3) is 3.71. The van der Waals surface area contributed by atoms with Gasteiger partial charge in [0, 0.05) is 24.7 Å². The van der Waals surface area contributed by atoms with Crippen molar-refractivity contribution < 1.29 is 9.47 Å². The molecule has 0 N–H and O–H groups in total. The highest BCUT2D eigenvalue weighted by molar-refractivity contribution is 5.36. The van der Waals surface area contributed by atoms with E-state index in [0.717, 1.165) is 38.5 Å². The number of nitrogens with zero attached hydrogens (tertiary/aromatic N) is 1. The van der Waals surface area contributed by atoms with E-state index in [-0.39, 0.29) is 0 Å². The summed E-state index contributed by atoms with van der Waals surface area (Å²) in [5.41, 5.74) is 1.31. The van der Waals surface area contributed by atoms with E-state index >= 15 is 0 Å². The third-order valence-corrected chi connectivity index (χ3v) is 3.68. The van der Waals surface area contributed by atoms with Crippen LogP contribution in [0.15, 0.2) is 24.3 Å². The fraction of sp³-hybridized carbons (Fsp3) is 0.625. The van der Waals surface area contributed by atoms with Crippen LogP contribution in [0.25, 0.3) is 0 Å². The van der Waals surface area contributed by atoms with E-state index in [1.54, 1.807) is 7.11 Å². The standard InChI is InChI=1S/C16H25NO2/c1-13(2)12-15(17-8-10-19-11-9-17)14-6-4-5-7-16(14)18-3/h4-7,13,15H,8-12H2,1-3H3. The first-order valence-corrected chi connectivity index (χ1v) is 7.17. The molecule has 0 saturated carbocycles. The van der Waals surface area contributed by atoms with Crippen molar-refractivity contribution in [2.24, 2.45) is 5.92 Å². The SMILES string of the molecule is COc1ccccc1C(CC(C)C)N1CCOCC1. The summed E-state index contributed by atoms with van der Waals surface area (Å²) >= 11 is 0. The lowest BCUT2D eigenvalue weighted by atomic mass is 9.94. The molecule has 1 fully saturated rings. The van der Waals surface area contributed by atoms with E-state index < -0.39 is 0 Å². The van der Waals surface area contributed by atoms with E-state index in [2.05, 4.69) is 36.9 Å². The molecule has 1 aromatic carbocycles. The van der Waals surface area contributed by atoms with Crippen LogP contribution in [-0.4, -0.2) is 38.3 Å². The van der Waals surface area contributed by atoms with Crippen molar-refractivity contribution in [1.82, 2.24) is 4.90 Å². The molecule has 3 heteroatoms. The summed E-state index contributed by atoms with van der Waals surface area (Å²) in [5.74, 6) is 1.66. The summed E-state index contributed by atoms with van der Waals surface area (Å²) in [6.07, 6.45) is 1.15. The van der Waals surface area contributed by atoms with Gasteiger partial charge in [-0.15, -0.1) is 0 Å². The van der Waals surface area contributed by atoms with Crippen molar-refractivity contribution in [3.63, 3.8) is 0 Å². The van der Waals surface area contributed by atoms with Crippen molar-refractivity contribution >= 4 is 0 Å². The summed E-state index contributed by atoms with van der Waals surface area (Å²) in [5, 5.41) is 0. The maximum Gasteiger partial charge on any atom is 0.123 e. The molecule has 1 aromatic rings. The summed E-state index contributed by atoms with van der Waals surface area (Å²) < 4.78 is 11.0. The van der Waals surface area contributed by atoms with Crippen LogP contribution < -0.4 is 4.74 Å². The predicted molar refractivity (Wildman–Crippen MR) is 77.6 cm³/mol. The molecule has 106 valence electrons. The fourth-order valence-corrected chi connectivity index (χ4v) is 2.75. The molecule has 0 spiro atoms. The van der Waals surface area contributed by atoms with Crippen LogP contribution in [0.5, 0.6) is 5.75 Å². The molecule has 0 aliphatic carbocycles. The molecule has 2 rings (SSSR count). The Bertz CT molecular complexity index is 386. The molecule has 3 nitrogen and oxygen atoms in total. The summed E-state index contributed by atoms with van der Waals surface area (Å²) in [6, 6.07) is 8.82. The Hall–Kier alpha value is -1.06. The number of benzene rings is 1. The van der Waals surface area contributed by atoms with Gasteiger partial charge in [0.05, 0.1) is 20.3 Å². The van der Waals surface area contributed by atoms with Crippen LogP contribution in [0.3, 0.4) is 0 Å². The number of methoxy groups -OCH3 is 1. The monoisotopic (exact) mass is 263 g/mol. The molecule has 1 saturated heterocycles. The van der Waals surface area contributed by atoms with Crippen LogP contribution in [-0.2, 0) is 4.74 Å². The van der Waals surface area contributed by atoms with Crippen LogP contribution >= 0.6 is 0 Å². The van der Waals surface area contributed by atoms with Gasteiger partial charge in [0.25, 0.3) is 0 Å². The maximum atomic E-state index is 5.54. The number of rotatable bonds is 5. The van der Waals surface area contributed by atoms with Gasteiger partial charge in [0.15, 0.2) is 0 Å². The minimum absolute atomic E-state index is 0.431. The van der Waals surface area contributed by atoms with E-state index in [9.17, 15) is 0 Å². The molecule has 1 heterocycles. The topological polar surface area (TPSA) is 21.7 Å². The van der Waals surface area contributed by atoms with Gasteiger partial charge in [-0.3, -0.25) is 4.90 Å². The van der Waals surface area contributed by atoms with Gasteiger partial charge in [-0.25, -0.2) is 0 Å². The molecule has 19 heavy (non-hydrogen) atoms. The quantitative estimate of drug-likeness (QED) is 0.814. The molecular weight excluding hydrogens is 238 g/mol. The highest BCUT2D eigenvalue weighted by atomic mass is 16.5. The third-order valence-electron chi connectivity index (χ3n) is 3.68. The second-order valence-electron chi connectivity index (χ2n) is 5.54. The van der Waals surface area contributed by atoms with Crippen LogP contribution in [0.2, 0.25) is 0 Å². The zero-order chi connectivity index (χ0) is 13.7. The summed E-state index contributed by atoms with van der Waals surface area (Å²) in [7, 11) is 1.75. The summed E-state index contributed by atoms with van der Waals surface area (Å²) in [4.78, 5) is 2.53. The Morgan fingerprint density at radius 3 is 2.53 bits per heavy atom. The highest BCUT2D eigenvalue weighted by Crippen LogP contribution is 2.34. The van der Waals surface area contributed by atoms with Crippen LogP contribution in [0.1, 0.15) is 31.9 Å². The molecule has 1 unspecified atom stereocenters. The summed E-state index contributed by atoms with van der Waals surface area (Å²) in [6.45, 7) is 8.25. The molecule has 1 atom stereocenters. The minimum atomic E-state index is 0.431. The Morgan fingerprint density at radius 2 is 1.89 bits per heavy atom. The smallest absolute Gasteiger partial charge is 0.123 e. The van der Waals surface area contributed by atoms with Crippen molar-refractivity contribution in [2.45, 2.75) is 26.3 Å². The molecule has 1 aliphatic rings. The first-order chi connectivity index (χ1) is 9.22. The van der Waals surface area contributed by atoms with E-state index in [4.69, 9.17) is 9.47 Å².